The van der Waals surface area contributed by atoms with Crippen molar-refractivity contribution in [2.45, 2.75) is 12.6 Å². The number of carbonyl (C=O) groups is 1. The summed E-state index contributed by atoms with van der Waals surface area (Å²) in [5.74, 6) is -0.550. The van der Waals surface area contributed by atoms with E-state index in [1.165, 1.54) is 18.2 Å². The fourth-order valence-electron chi connectivity index (χ4n) is 3.15. The third-order valence-electron chi connectivity index (χ3n) is 4.60. The lowest BCUT2D eigenvalue weighted by molar-refractivity contribution is -0.142. The number of nitrogens with zero attached hydrogens (tertiary/aromatic N) is 3. The molecule has 0 atom stereocenters. The molecule has 3 rings (SSSR count). The highest BCUT2D eigenvalue weighted by Crippen LogP contribution is 2.34. The summed E-state index contributed by atoms with van der Waals surface area (Å²) in [4.78, 5) is 16.9. The van der Waals surface area contributed by atoms with E-state index in [2.05, 4.69) is 9.80 Å². The smallest absolute Gasteiger partial charge is 0.399 e. The molecular formula is C17H21F3N4O. The lowest BCUT2D eigenvalue weighted by Crippen LogP contribution is -2.45. The first-order chi connectivity index (χ1) is 11.8. The van der Waals surface area contributed by atoms with E-state index in [0.29, 0.717) is 17.6 Å². The summed E-state index contributed by atoms with van der Waals surface area (Å²) >= 11 is 0. The normalized spacial score (nSPS) is 17.3. The van der Waals surface area contributed by atoms with Gasteiger partial charge in [-0.15, -0.1) is 0 Å². The Morgan fingerprint density at radius 1 is 1.16 bits per heavy atom. The largest absolute Gasteiger partial charge is 0.431 e. The molecule has 1 aromatic heterocycles. The maximum atomic E-state index is 13.4. The van der Waals surface area contributed by atoms with Crippen LogP contribution in [0.25, 0.3) is 10.9 Å². The van der Waals surface area contributed by atoms with Crippen LogP contribution in [0, 0.1) is 0 Å². The van der Waals surface area contributed by atoms with Gasteiger partial charge >= 0.3 is 6.18 Å². The van der Waals surface area contributed by atoms with Crippen molar-refractivity contribution in [2.75, 3.05) is 45.5 Å². The molecule has 0 saturated carbocycles. The second-order valence-electron chi connectivity index (χ2n) is 6.47. The van der Waals surface area contributed by atoms with Crippen LogP contribution in [0.15, 0.2) is 24.3 Å². The van der Waals surface area contributed by atoms with Crippen molar-refractivity contribution in [1.82, 2.24) is 14.4 Å². The average molecular weight is 354 g/mol. The highest BCUT2D eigenvalue weighted by molar-refractivity contribution is 5.95. The lowest BCUT2D eigenvalue weighted by atomic mass is 10.2. The van der Waals surface area contributed by atoms with Crippen molar-refractivity contribution in [3.05, 3.63) is 30.0 Å². The Labute approximate surface area is 143 Å². The van der Waals surface area contributed by atoms with Crippen molar-refractivity contribution < 1.29 is 18.0 Å². The van der Waals surface area contributed by atoms with Gasteiger partial charge in [0.25, 0.3) is 0 Å². The predicted molar refractivity (Wildman–Crippen MR) is 90.5 cm³/mol. The zero-order valence-corrected chi connectivity index (χ0v) is 14.0. The van der Waals surface area contributed by atoms with Gasteiger partial charge in [-0.1, -0.05) is 0 Å². The topological polar surface area (TPSA) is 54.5 Å². The van der Waals surface area contributed by atoms with Crippen LogP contribution in [0.1, 0.15) is 16.9 Å². The van der Waals surface area contributed by atoms with Crippen LogP contribution in [0.3, 0.4) is 0 Å². The molecule has 25 heavy (non-hydrogen) atoms. The zero-order valence-electron chi connectivity index (χ0n) is 14.0. The number of rotatable bonds is 3. The van der Waals surface area contributed by atoms with E-state index in [-0.39, 0.29) is 11.9 Å². The molecule has 0 radical (unpaired) electrons. The molecule has 0 aliphatic carbocycles. The Hall–Kier alpha value is -2.06. The van der Waals surface area contributed by atoms with Gasteiger partial charge in [0.2, 0.25) is 5.91 Å². The van der Waals surface area contributed by atoms with E-state index in [1.54, 1.807) is 0 Å². The Balaban J connectivity index is 1.84. The summed E-state index contributed by atoms with van der Waals surface area (Å²) in [5.41, 5.74) is 5.31. The number of aromatic nitrogens is 1. The third kappa shape index (κ3) is 3.80. The first kappa shape index (κ1) is 17.8. The Bertz CT molecular complexity index is 776. The van der Waals surface area contributed by atoms with E-state index >= 15 is 0 Å². The van der Waals surface area contributed by atoms with Crippen LogP contribution in [-0.2, 0) is 6.18 Å². The van der Waals surface area contributed by atoms with Crippen molar-refractivity contribution in [1.29, 1.82) is 0 Å². The summed E-state index contributed by atoms with van der Waals surface area (Å²) in [7, 11) is 2.02. The Morgan fingerprint density at radius 2 is 1.84 bits per heavy atom. The lowest BCUT2D eigenvalue weighted by Gasteiger charge is -2.32. The predicted octanol–water partition coefficient (Wildman–Crippen LogP) is 2.52. The highest BCUT2D eigenvalue weighted by Gasteiger charge is 2.37. The van der Waals surface area contributed by atoms with Gasteiger partial charge in [-0.2, -0.15) is 13.2 Å². The van der Waals surface area contributed by atoms with Gasteiger partial charge in [0, 0.05) is 50.2 Å². The standard InChI is InChI=1S/C17H21F3N4O/c1-22-6-8-23(9-7-22)5-4-16(25)24-14-3-2-13(21)10-12(14)11-15(24)17(18,19)20/h2-3,10-11H,4-9,21H2,1H3. The Morgan fingerprint density at radius 3 is 2.48 bits per heavy atom. The van der Waals surface area contributed by atoms with Gasteiger partial charge in [0.15, 0.2) is 0 Å². The highest BCUT2D eigenvalue weighted by atomic mass is 19.4. The molecule has 136 valence electrons. The summed E-state index contributed by atoms with van der Waals surface area (Å²) < 4.78 is 40.9. The summed E-state index contributed by atoms with van der Waals surface area (Å²) in [6.07, 6.45) is -4.56. The number of anilines is 1. The number of nitrogen functional groups attached to an aromatic ring is 1. The molecule has 0 spiro atoms. The number of halogens is 3. The number of carbonyl (C=O) groups excluding carboxylic acids is 1. The molecule has 0 amide bonds. The van der Waals surface area contributed by atoms with Gasteiger partial charge in [-0.05, 0) is 31.3 Å². The van der Waals surface area contributed by atoms with Crippen LogP contribution in [0.5, 0.6) is 0 Å². The number of nitrogens with two attached hydrogens (primary N) is 1. The van der Waals surface area contributed by atoms with Gasteiger partial charge in [0.05, 0.1) is 5.52 Å². The monoisotopic (exact) mass is 354 g/mol. The Kier molecular flexibility index (Phi) is 4.75. The second-order valence-corrected chi connectivity index (χ2v) is 6.47. The minimum Gasteiger partial charge on any atom is -0.399 e. The number of hydrogen-bond acceptors (Lipinski definition) is 4. The molecule has 1 aliphatic rings. The minimum atomic E-state index is -4.60. The summed E-state index contributed by atoms with van der Waals surface area (Å²) in [5, 5.41) is 0.320. The third-order valence-corrected chi connectivity index (χ3v) is 4.60. The van der Waals surface area contributed by atoms with Crippen LogP contribution >= 0.6 is 0 Å². The molecular weight excluding hydrogens is 333 g/mol. The maximum Gasteiger partial charge on any atom is 0.431 e. The van der Waals surface area contributed by atoms with E-state index in [4.69, 9.17) is 5.73 Å². The molecule has 2 N–H and O–H groups in total. The first-order valence-electron chi connectivity index (χ1n) is 8.18. The minimum absolute atomic E-state index is 0.0426. The second kappa shape index (κ2) is 6.68. The molecule has 1 fully saturated rings. The molecule has 0 unspecified atom stereocenters. The number of likely N-dealkylation sites (N-methyl/N-ethyl adjacent to an activating group) is 1. The van der Waals surface area contributed by atoms with Gasteiger partial charge in [0.1, 0.15) is 5.69 Å². The number of fused-ring (bicyclic) bond motifs is 1. The number of alkyl halides is 3. The molecule has 2 heterocycles. The summed E-state index contributed by atoms with van der Waals surface area (Å²) in [6, 6.07) is 5.41. The molecule has 5 nitrogen and oxygen atoms in total. The number of hydrogen-bond donors (Lipinski definition) is 1. The van der Waals surface area contributed by atoms with Crippen molar-refractivity contribution in [2.24, 2.45) is 0 Å². The van der Waals surface area contributed by atoms with Crippen molar-refractivity contribution in [3.8, 4) is 0 Å². The maximum absolute atomic E-state index is 13.4. The molecule has 0 bridgehead atoms. The number of benzene rings is 1. The molecule has 8 heteroatoms. The van der Waals surface area contributed by atoms with Crippen LogP contribution < -0.4 is 5.73 Å². The number of piperazine rings is 1. The van der Waals surface area contributed by atoms with Crippen LogP contribution in [0.4, 0.5) is 18.9 Å². The van der Waals surface area contributed by atoms with E-state index in [9.17, 15) is 18.0 Å². The van der Waals surface area contributed by atoms with Crippen LogP contribution in [-0.4, -0.2) is 60.0 Å². The fourth-order valence-corrected chi connectivity index (χ4v) is 3.15. The quantitative estimate of drug-likeness (QED) is 0.861. The van der Waals surface area contributed by atoms with Crippen molar-refractivity contribution in [3.63, 3.8) is 0 Å². The average Bonchev–Trinajstić information content (AvgIpc) is 2.93. The molecule has 1 aromatic carbocycles. The molecule has 1 aliphatic heterocycles. The molecule has 1 saturated heterocycles. The van der Waals surface area contributed by atoms with Crippen LogP contribution in [0.2, 0.25) is 0 Å². The van der Waals surface area contributed by atoms with Crippen molar-refractivity contribution >= 4 is 22.5 Å². The van der Waals surface area contributed by atoms with E-state index < -0.39 is 17.8 Å². The van der Waals surface area contributed by atoms with E-state index in [0.717, 1.165) is 36.8 Å². The van der Waals surface area contributed by atoms with Gasteiger partial charge in [-0.25, -0.2) is 0 Å². The summed E-state index contributed by atoms with van der Waals surface area (Å²) in [6.45, 7) is 3.89. The van der Waals surface area contributed by atoms with Gasteiger partial charge < -0.3 is 15.5 Å². The first-order valence-corrected chi connectivity index (χ1v) is 8.18. The van der Waals surface area contributed by atoms with Gasteiger partial charge in [-0.3, -0.25) is 9.36 Å². The zero-order chi connectivity index (χ0) is 18.2. The molecule has 2 aromatic rings. The SMILES string of the molecule is CN1CCN(CCC(=O)n2c(C(F)(F)F)cc3cc(N)ccc32)CC1. The van der Waals surface area contributed by atoms with E-state index in [1.807, 2.05) is 7.05 Å². The fraction of sp³-hybridized carbons (Fsp3) is 0.471.